The summed E-state index contributed by atoms with van der Waals surface area (Å²) in [6, 6.07) is 21.1. The highest BCUT2D eigenvalue weighted by atomic mass is 16.6. The first-order valence-corrected chi connectivity index (χ1v) is 18.2. The molecule has 2 aromatic carbocycles. The summed E-state index contributed by atoms with van der Waals surface area (Å²) in [6.07, 6.45) is 7.89. The van der Waals surface area contributed by atoms with Crippen LogP contribution in [-0.2, 0) is 44.7 Å². The third-order valence-corrected chi connectivity index (χ3v) is 6.44. The van der Waals surface area contributed by atoms with Crippen LogP contribution in [0.5, 0.6) is 5.75 Å². The number of nitrogens with two attached hydrogens (primary N) is 1. The molecule has 0 spiro atoms. The van der Waals surface area contributed by atoms with Crippen LogP contribution in [0.4, 0.5) is 0 Å². The standard InChI is InChI=1S/C12H14O3.C8H14O3.C7H6O3.C6H5NO2.C5H4O3.C4H7NO3/c1-10(13)15-12(14)9-5-8-11-6-3-2-4-7-11;1-3-5-7(9)11-8(10)6-4-2;8-6-3-1-5(2-4-6)7(9)10;8-6(9)5-1-3-7-4-2-5;6-5(7)4-2-1-3-8-4;5-3(6)1-2-4(7)8/h2-4,6-7H,5,8-9H2,1H3;3-6H2,1-2H3;1-4,8H,(H,9,10);1-4H,(H,8,9);1-3H,(H,6,7);1-2H2,(H2,5,6)(H,7,8). The van der Waals surface area contributed by atoms with Crippen molar-refractivity contribution in [2.24, 2.45) is 5.73 Å². The quantitative estimate of drug-likeness (QED) is 0.0631. The molecule has 0 saturated carbocycles. The first-order valence-electron chi connectivity index (χ1n) is 18.2. The lowest BCUT2D eigenvalue weighted by Crippen LogP contribution is -2.12. The fourth-order valence-corrected chi connectivity index (χ4v) is 3.66. The SMILES string of the molecule is CC(=O)OC(=O)CCCc1ccccc1.CCCC(=O)OC(=O)CCC.NC(=O)CCC(=O)O.O=C(O)c1ccc(O)cc1.O=C(O)c1ccco1.O=C(O)c1ccncc1. The number of amides is 1. The van der Waals surface area contributed by atoms with Gasteiger partial charge in [-0.2, -0.15) is 0 Å². The molecule has 0 aliphatic rings. The van der Waals surface area contributed by atoms with Crippen molar-refractivity contribution in [3.05, 3.63) is 120 Å². The van der Waals surface area contributed by atoms with Gasteiger partial charge in [-0.05, 0) is 79.8 Å². The molecule has 4 rings (SSSR count). The average molecular weight is 855 g/mol. The van der Waals surface area contributed by atoms with Crippen LogP contribution in [0.15, 0.2) is 102 Å². The maximum Gasteiger partial charge on any atom is 0.371 e. The number of ether oxygens (including phenoxy) is 2. The topological polar surface area (TPSA) is 325 Å². The summed E-state index contributed by atoms with van der Waals surface area (Å²) < 4.78 is 13.4. The molecule has 2 aromatic heterocycles. The van der Waals surface area contributed by atoms with E-state index < -0.39 is 53.7 Å². The number of hydrogen-bond donors (Lipinski definition) is 6. The summed E-state index contributed by atoms with van der Waals surface area (Å²) in [4.78, 5) is 96.4. The number of aromatic carboxylic acids is 3. The van der Waals surface area contributed by atoms with Crippen LogP contribution in [0.3, 0.4) is 0 Å². The number of aromatic hydroxyl groups is 1. The number of pyridine rings is 1. The predicted octanol–water partition coefficient (Wildman–Crippen LogP) is 5.94. The Balaban J connectivity index is 0. The van der Waals surface area contributed by atoms with Crippen molar-refractivity contribution in [1.29, 1.82) is 0 Å². The fraction of sp³-hybridized carbons (Fsp3) is 0.286. The minimum absolute atomic E-state index is 0.0231. The summed E-state index contributed by atoms with van der Waals surface area (Å²) in [5.74, 6) is -6.27. The Hall–Kier alpha value is -7.70. The number of hydrogen-bond acceptors (Lipinski definition) is 14. The van der Waals surface area contributed by atoms with Gasteiger partial charge in [-0.15, -0.1) is 0 Å². The van der Waals surface area contributed by atoms with E-state index in [1.54, 1.807) is 0 Å². The number of phenols is 1. The van der Waals surface area contributed by atoms with Gasteiger partial charge in [-0.1, -0.05) is 44.2 Å². The van der Waals surface area contributed by atoms with Crippen LogP contribution in [0.2, 0.25) is 0 Å². The number of carbonyl (C=O) groups is 9. The molecule has 1 amide bonds. The number of furan rings is 1. The Kier molecular flexibility index (Phi) is 31.2. The Morgan fingerprint density at radius 1 is 0.607 bits per heavy atom. The van der Waals surface area contributed by atoms with Gasteiger partial charge in [0.1, 0.15) is 5.75 Å². The number of rotatable bonds is 14. The van der Waals surface area contributed by atoms with Crippen molar-refractivity contribution in [3.8, 4) is 5.75 Å². The monoisotopic (exact) mass is 854 g/mol. The maximum absolute atomic E-state index is 11.0. The van der Waals surface area contributed by atoms with Crippen LogP contribution in [-0.4, -0.2) is 84.2 Å². The number of aromatic nitrogens is 1. The summed E-state index contributed by atoms with van der Waals surface area (Å²) in [5, 5.41) is 41.6. The number of primary amides is 1. The van der Waals surface area contributed by atoms with E-state index in [1.165, 1.54) is 79.7 Å². The van der Waals surface area contributed by atoms with Crippen molar-refractivity contribution in [2.75, 3.05) is 0 Å². The van der Waals surface area contributed by atoms with Gasteiger partial charge >= 0.3 is 47.8 Å². The molecule has 0 radical (unpaired) electrons. The number of phenolic OH excluding ortho intramolecular Hbond substituents is 1. The summed E-state index contributed by atoms with van der Waals surface area (Å²) in [5.41, 5.74) is 6.27. The summed E-state index contributed by atoms with van der Waals surface area (Å²) in [7, 11) is 0. The van der Waals surface area contributed by atoms with Crippen molar-refractivity contribution in [2.45, 2.75) is 78.6 Å². The van der Waals surface area contributed by atoms with Crippen LogP contribution >= 0.6 is 0 Å². The second-order valence-corrected chi connectivity index (χ2v) is 11.7. The van der Waals surface area contributed by atoms with Gasteiger partial charge in [0.25, 0.3) is 0 Å². The highest BCUT2D eigenvalue weighted by molar-refractivity contribution is 5.88. The minimum atomic E-state index is -1.03. The van der Waals surface area contributed by atoms with E-state index in [9.17, 15) is 43.2 Å². The molecule has 19 nitrogen and oxygen atoms in total. The molecule has 0 saturated heterocycles. The van der Waals surface area contributed by atoms with E-state index >= 15 is 0 Å². The number of carbonyl (C=O) groups excluding carboxylic acids is 5. The molecule has 330 valence electrons. The Labute approximate surface area is 350 Å². The maximum atomic E-state index is 11.0. The Bertz CT molecular complexity index is 1880. The number of aliphatic carboxylic acids is 1. The number of nitrogens with zero attached hydrogens (tertiary/aromatic N) is 1. The van der Waals surface area contributed by atoms with E-state index in [0.29, 0.717) is 19.3 Å². The Morgan fingerprint density at radius 2 is 1.11 bits per heavy atom. The lowest BCUT2D eigenvalue weighted by atomic mass is 10.1. The second-order valence-electron chi connectivity index (χ2n) is 11.7. The van der Waals surface area contributed by atoms with Crippen LogP contribution in [0.1, 0.15) is 109 Å². The first kappa shape index (κ1) is 55.4. The summed E-state index contributed by atoms with van der Waals surface area (Å²) >= 11 is 0. The fourth-order valence-electron chi connectivity index (χ4n) is 3.66. The van der Waals surface area contributed by atoms with Crippen LogP contribution in [0, 0.1) is 0 Å². The van der Waals surface area contributed by atoms with Gasteiger partial charge in [-0.3, -0.25) is 33.8 Å². The van der Waals surface area contributed by atoms with Crippen molar-refractivity contribution in [3.63, 3.8) is 0 Å². The van der Waals surface area contributed by atoms with Gasteiger partial charge in [0.05, 0.1) is 23.8 Å². The zero-order valence-corrected chi connectivity index (χ0v) is 33.8. The normalized spacial score (nSPS) is 9.16. The van der Waals surface area contributed by atoms with Gasteiger partial charge < -0.3 is 45.2 Å². The van der Waals surface area contributed by atoms with Gasteiger partial charge in [0.15, 0.2) is 0 Å². The van der Waals surface area contributed by atoms with Crippen LogP contribution < -0.4 is 5.73 Å². The van der Waals surface area contributed by atoms with Gasteiger partial charge in [-0.25, -0.2) is 14.4 Å². The van der Waals surface area contributed by atoms with E-state index in [-0.39, 0.29) is 41.9 Å². The lowest BCUT2D eigenvalue weighted by Gasteiger charge is -2.00. The van der Waals surface area contributed by atoms with E-state index in [4.69, 9.17) is 25.5 Å². The molecule has 7 N–H and O–H groups in total. The second kappa shape index (κ2) is 34.4. The molecule has 0 fully saturated rings. The van der Waals surface area contributed by atoms with Crippen molar-refractivity contribution < 1.29 is 82.6 Å². The highest BCUT2D eigenvalue weighted by Crippen LogP contribution is 2.09. The predicted molar refractivity (Wildman–Crippen MR) is 215 cm³/mol. The number of carboxylic acid groups (broad SMARTS) is 4. The average Bonchev–Trinajstić information content (AvgIpc) is 3.75. The van der Waals surface area contributed by atoms with Crippen molar-refractivity contribution >= 4 is 53.7 Å². The first-order chi connectivity index (χ1) is 28.8. The molecule has 2 heterocycles. The molecule has 0 atom stereocenters. The van der Waals surface area contributed by atoms with E-state index in [2.05, 4.69) is 24.6 Å². The zero-order valence-electron chi connectivity index (χ0n) is 33.8. The van der Waals surface area contributed by atoms with Crippen molar-refractivity contribution in [1.82, 2.24) is 4.98 Å². The van der Waals surface area contributed by atoms with Gasteiger partial charge in [0.2, 0.25) is 11.7 Å². The number of benzene rings is 2. The third kappa shape index (κ3) is 34.1. The molecule has 0 aliphatic carbocycles. The van der Waals surface area contributed by atoms with Gasteiger partial charge in [0, 0.05) is 45.0 Å². The molecule has 19 heteroatoms. The molecular weight excluding hydrogens is 804 g/mol. The number of esters is 4. The minimum Gasteiger partial charge on any atom is -0.508 e. The van der Waals surface area contributed by atoms with E-state index in [0.717, 1.165) is 19.3 Å². The summed E-state index contributed by atoms with van der Waals surface area (Å²) in [6.45, 7) is 4.96. The number of aryl methyl sites for hydroxylation is 1. The largest absolute Gasteiger partial charge is 0.508 e. The number of carboxylic acids is 4. The lowest BCUT2D eigenvalue weighted by molar-refractivity contribution is -0.160. The van der Waals surface area contributed by atoms with E-state index in [1.807, 2.05) is 44.2 Å². The highest BCUT2D eigenvalue weighted by Gasteiger charge is 2.08. The smallest absolute Gasteiger partial charge is 0.371 e. The third-order valence-electron chi connectivity index (χ3n) is 6.44. The Morgan fingerprint density at radius 3 is 1.48 bits per heavy atom. The molecular formula is C42H50N2O17. The van der Waals surface area contributed by atoms with Crippen LogP contribution in [0.25, 0.3) is 0 Å². The molecule has 61 heavy (non-hydrogen) atoms. The molecule has 0 bridgehead atoms. The molecule has 4 aromatic rings. The molecule has 0 aliphatic heterocycles. The zero-order chi connectivity index (χ0) is 46.6. The molecule has 0 unspecified atom stereocenters.